The molecular weight excluding hydrogens is 296 g/mol. The number of hydrogen-bond acceptors (Lipinski definition) is 3. The van der Waals surface area contributed by atoms with E-state index in [1.807, 2.05) is 35.8 Å². The van der Waals surface area contributed by atoms with Gasteiger partial charge in [-0.2, -0.15) is 0 Å². The molecule has 0 unspecified atom stereocenters. The van der Waals surface area contributed by atoms with Crippen molar-refractivity contribution in [2.75, 3.05) is 0 Å². The molecule has 0 aliphatic heterocycles. The summed E-state index contributed by atoms with van der Waals surface area (Å²) in [5.74, 6) is -0.964. The molecule has 3 rings (SSSR count). The predicted molar refractivity (Wildman–Crippen MR) is 89.4 cm³/mol. The molecule has 22 heavy (non-hydrogen) atoms. The van der Waals surface area contributed by atoms with E-state index in [1.54, 1.807) is 17.4 Å². The molecule has 0 spiro atoms. The second-order valence-electron chi connectivity index (χ2n) is 5.33. The molecule has 0 bridgehead atoms. The van der Waals surface area contributed by atoms with Crippen LogP contribution in [-0.2, 0) is 4.79 Å². The number of nitrogens with zero attached hydrogens (tertiary/aromatic N) is 2. The Morgan fingerprint density at radius 2 is 2.09 bits per heavy atom. The lowest BCUT2D eigenvalue weighted by molar-refractivity contribution is -0.131. The molecule has 0 aliphatic rings. The maximum atomic E-state index is 10.9. The van der Waals surface area contributed by atoms with Crippen molar-refractivity contribution in [2.45, 2.75) is 20.8 Å². The van der Waals surface area contributed by atoms with E-state index in [-0.39, 0.29) is 0 Å². The lowest BCUT2D eigenvalue weighted by Gasteiger charge is -2.06. The zero-order chi connectivity index (χ0) is 15.9. The molecule has 5 heteroatoms. The zero-order valence-corrected chi connectivity index (χ0v) is 13.4. The number of rotatable bonds is 3. The fourth-order valence-corrected chi connectivity index (χ4v) is 3.48. The van der Waals surface area contributed by atoms with Gasteiger partial charge in [0, 0.05) is 22.7 Å². The maximum Gasteiger partial charge on any atom is 0.328 e. The Bertz CT molecular complexity index is 903. The van der Waals surface area contributed by atoms with E-state index in [1.165, 1.54) is 5.56 Å². The highest BCUT2D eigenvalue weighted by Crippen LogP contribution is 2.31. The number of imidazole rings is 1. The molecule has 1 N–H and O–H groups in total. The van der Waals surface area contributed by atoms with E-state index in [9.17, 15) is 4.79 Å². The molecule has 112 valence electrons. The Hall–Kier alpha value is -2.40. The molecule has 2 heterocycles. The number of benzene rings is 1. The van der Waals surface area contributed by atoms with Crippen LogP contribution in [0.5, 0.6) is 0 Å². The van der Waals surface area contributed by atoms with Crippen LogP contribution >= 0.6 is 11.3 Å². The molecule has 0 amide bonds. The van der Waals surface area contributed by atoms with Gasteiger partial charge in [-0.25, -0.2) is 9.78 Å². The normalized spacial score (nSPS) is 11.6. The van der Waals surface area contributed by atoms with E-state index in [0.29, 0.717) is 0 Å². The number of thiazole rings is 1. The van der Waals surface area contributed by atoms with Gasteiger partial charge in [-0.3, -0.25) is 4.40 Å². The van der Waals surface area contributed by atoms with E-state index in [0.717, 1.165) is 39.2 Å². The third kappa shape index (κ3) is 2.44. The second-order valence-corrected chi connectivity index (χ2v) is 6.17. The topological polar surface area (TPSA) is 54.6 Å². The molecule has 0 saturated carbocycles. The van der Waals surface area contributed by atoms with E-state index >= 15 is 0 Å². The summed E-state index contributed by atoms with van der Waals surface area (Å²) >= 11 is 1.56. The Balaban J connectivity index is 2.28. The van der Waals surface area contributed by atoms with Crippen LogP contribution < -0.4 is 0 Å². The summed E-state index contributed by atoms with van der Waals surface area (Å²) in [5, 5.41) is 11.0. The number of carbonyl (C=O) groups is 1. The molecule has 0 saturated heterocycles. The molecule has 1 aromatic carbocycles. The number of carboxylic acids is 1. The van der Waals surface area contributed by atoms with Gasteiger partial charge < -0.3 is 5.11 Å². The molecule has 4 nitrogen and oxygen atoms in total. The first kappa shape index (κ1) is 14.5. The summed E-state index contributed by atoms with van der Waals surface area (Å²) < 4.78 is 2.00. The standard InChI is InChI=1S/C17H16N2O2S/c1-10-4-5-13(11(2)8-10)16-14(6-7-15(20)21)19-12(3)9-22-17(19)18-16/h4-9H,1-3H3,(H,20,21)/b7-6+. The number of hydrogen-bond donors (Lipinski definition) is 1. The SMILES string of the molecule is Cc1ccc(-c2nc3scc(C)n3c2/C=C/C(=O)O)c(C)c1. The van der Waals surface area contributed by atoms with Crippen molar-refractivity contribution in [3.05, 3.63) is 52.2 Å². The van der Waals surface area contributed by atoms with Crippen molar-refractivity contribution in [3.8, 4) is 11.3 Å². The molecule has 3 aromatic rings. The first-order chi connectivity index (χ1) is 10.5. The quantitative estimate of drug-likeness (QED) is 0.741. The summed E-state index contributed by atoms with van der Waals surface area (Å²) in [4.78, 5) is 16.5. The Labute approximate surface area is 132 Å². The number of aliphatic carboxylic acids is 1. The lowest BCUT2D eigenvalue weighted by Crippen LogP contribution is -1.93. The summed E-state index contributed by atoms with van der Waals surface area (Å²) in [5.41, 5.74) is 6.04. The second kappa shape index (κ2) is 5.42. The van der Waals surface area contributed by atoms with E-state index in [4.69, 9.17) is 10.1 Å². The molecule has 0 atom stereocenters. The minimum Gasteiger partial charge on any atom is -0.478 e. The van der Waals surface area contributed by atoms with Crippen molar-refractivity contribution in [1.29, 1.82) is 0 Å². The minimum absolute atomic E-state index is 0.808. The summed E-state index contributed by atoms with van der Waals surface area (Å²) in [6.07, 6.45) is 2.78. The van der Waals surface area contributed by atoms with Crippen LogP contribution in [0.1, 0.15) is 22.5 Å². The van der Waals surface area contributed by atoms with Crippen LogP contribution in [0.15, 0.2) is 29.7 Å². The minimum atomic E-state index is -0.964. The largest absolute Gasteiger partial charge is 0.478 e. The molecule has 2 aromatic heterocycles. The highest BCUT2D eigenvalue weighted by molar-refractivity contribution is 7.15. The predicted octanol–water partition coefficient (Wildman–Crippen LogP) is 4.09. The lowest BCUT2D eigenvalue weighted by atomic mass is 10.0. The first-order valence-corrected chi connectivity index (χ1v) is 7.80. The van der Waals surface area contributed by atoms with Crippen molar-refractivity contribution in [1.82, 2.24) is 9.38 Å². The first-order valence-electron chi connectivity index (χ1n) is 6.92. The smallest absolute Gasteiger partial charge is 0.328 e. The highest BCUT2D eigenvalue weighted by Gasteiger charge is 2.16. The third-order valence-electron chi connectivity index (χ3n) is 3.59. The van der Waals surface area contributed by atoms with Gasteiger partial charge in [0.15, 0.2) is 4.96 Å². The number of aromatic nitrogens is 2. The maximum absolute atomic E-state index is 10.9. The third-order valence-corrected chi connectivity index (χ3v) is 4.53. The van der Waals surface area contributed by atoms with Crippen LogP contribution in [0.4, 0.5) is 0 Å². The van der Waals surface area contributed by atoms with Gasteiger partial charge in [-0.05, 0) is 32.4 Å². The average Bonchev–Trinajstić information content (AvgIpc) is 2.97. The van der Waals surface area contributed by atoms with Crippen LogP contribution in [0.2, 0.25) is 0 Å². The van der Waals surface area contributed by atoms with Gasteiger partial charge in [0.05, 0.1) is 11.4 Å². The Morgan fingerprint density at radius 3 is 2.77 bits per heavy atom. The highest BCUT2D eigenvalue weighted by atomic mass is 32.1. The van der Waals surface area contributed by atoms with Crippen LogP contribution in [0.25, 0.3) is 22.3 Å². The van der Waals surface area contributed by atoms with Crippen molar-refractivity contribution >= 4 is 28.3 Å². The zero-order valence-electron chi connectivity index (χ0n) is 12.6. The summed E-state index contributed by atoms with van der Waals surface area (Å²) in [6, 6.07) is 6.21. The van der Waals surface area contributed by atoms with Gasteiger partial charge >= 0.3 is 5.97 Å². The Kier molecular flexibility index (Phi) is 3.58. The van der Waals surface area contributed by atoms with Crippen LogP contribution in [0, 0.1) is 20.8 Å². The van der Waals surface area contributed by atoms with Crippen molar-refractivity contribution < 1.29 is 9.90 Å². The monoisotopic (exact) mass is 312 g/mol. The summed E-state index contributed by atoms with van der Waals surface area (Å²) in [6.45, 7) is 6.10. The van der Waals surface area contributed by atoms with Crippen molar-refractivity contribution in [2.24, 2.45) is 0 Å². The van der Waals surface area contributed by atoms with Crippen molar-refractivity contribution in [3.63, 3.8) is 0 Å². The van der Waals surface area contributed by atoms with Gasteiger partial charge in [0.2, 0.25) is 0 Å². The number of carboxylic acid groups (broad SMARTS) is 1. The molecule has 0 radical (unpaired) electrons. The van der Waals surface area contributed by atoms with Crippen LogP contribution in [-0.4, -0.2) is 20.5 Å². The fraction of sp³-hybridized carbons (Fsp3) is 0.176. The van der Waals surface area contributed by atoms with Gasteiger partial charge in [0.1, 0.15) is 0 Å². The number of aryl methyl sites for hydroxylation is 3. The summed E-state index contributed by atoms with van der Waals surface area (Å²) in [7, 11) is 0. The Morgan fingerprint density at radius 1 is 1.32 bits per heavy atom. The number of fused-ring (bicyclic) bond motifs is 1. The molecule has 0 fully saturated rings. The fourth-order valence-electron chi connectivity index (χ4n) is 2.60. The molecule has 0 aliphatic carbocycles. The van der Waals surface area contributed by atoms with E-state index in [2.05, 4.69) is 13.0 Å². The average molecular weight is 312 g/mol. The van der Waals surface area contributed by atoms with E-state index < -0.39 is 5.97 Å². The molecular formula is C17H16N2O2S. The van der Waals surface area contributed by atoms with Gasteiger partial charge in [-0.15, -0.1) is 11.3 Å². The van der Waals surface area contributed by atoms with Crippen LogP contribution in [0.3, 0.4) is 0 Å². The van der Waals surface area contributed by atoms with Gasteiger partial charge in [-0.1, -0.05) is 23.8 Å². The van der Waals surface area contributed by atoms with Gasteiger partial charge in [0.25, 0.3) is 0 Å².